The Kier molecular flexibility index (Phi) is 6.38. The molecule has 1 aromatic heterocycles. The number of amides is 1. The number of carbonyl (C=O) groups excluding carboxylic acids is 1. The summed E-state index contributed by atoms with van der Waals surface area (Å²) in [5, 5.41) is 0.736. The van der Waals surface area contributed by atoms with Crippen molar-refractivity contribution in [3.63, 3.8) is 0 Å². The summed E-state index contributed by atoms with van der Waals surface area (Å²) in [6.07, 6.45) is 4.66. The van der Waals surface area contributed by atoms with Gasteiger partial charge in [0.2, 0.25) is 5.91 Å². The Hall–Kier alpha value is -1.78. The number of rotatable bonds is 5. The molecule has 1 aromatic carbocycles. The number of likely N-dealkylation sites (tertiary alicyclic amines) is 1. The van der Waals surface area contributed by atoms with Crippen molar-refractivity contribution in [2.24, 2.45) is 0 Å². The molecule has 1 aliphatic rings. The largest absolute Gasteiger partial charge is 0.358 e. The Morgan fingerprint density at radius 1 is 1.15 bits per heavy atom. The summed E-state index contributed by atoms with van der Waals surface area (Å²) in [5.41, 5.74) is 3.27. The predicted octanol–water partition coefficient (Wildman–Crippen LogP) is 4.21. The van der Waals surface area contributed by atoms with Crippen LogP contribution in [0.1, 0.15) is 31.4 Å². The quantitative estimate of drug-likeness (QED) is 0.852. The number of benzene rings is 1. The van der Waals surface area contributed by atoms with Gasteiger partial charge in [-0.2, -0.15) is 0 Å². The second-order valence-corrected chi connectivity index (χ2v) is 7.77. The van der Waals surface area contributed by atoms with Crippen molar-refractivity contribution < 1.29 is 4.79 Å². The van der Waals surface area contributed by atoms with Crippen LogP contribution in [-0.4, -0.2) is 53.9 Å². The molecule has 1 fully saturated rings. The summed E-state index contributed by atoms with van der Waals surface area (Å²) in [6.45, 7) is 1.77. The number of nitrogens with zero attached hydrogens (tertiary/aromatic N) is 2. The molecule has 0 radical (unpaired) electrons. The van der Waals surface area contributed by atoms with Crippen molar-refractivity contribution in [1.82, 2.24) is 14.8 Å². The van der Waals surface area contributed by atoms with Gasteiger partial charge in [-0.15, -0.1) is 0 Å². The summed E-state index contributed by atoms with van der Waals surface area (Å²) < 4.78 is 0. The minimum absolute atomic E-state index is 0.270. The van der Waals surface area contributed by atoms with E-state index in [0.29, 0.717) is 12.5 Å². The fourth-order valence-corrected chi connectivity index (χ4v) is 3.75. The number of carbonyl (C=O) groups is 1. The number of aryl methyl sites for hydroxylation is 1. The van der Waals surface area contributed by atoms with E-state index >= 15 is 0 Å². The number of hydrogen-bond donors (Lipinski definition) is 1. The van der Waals surface area contributed by atoms with E-state index in [1.807, 2.05) is 29.2 Å². The zero-order chi connectivity index (χ0) is 18.5. The predicted molar refractivity (Wildman–Crippen MR) is 107 cm³/mol. The third-order valence-electron chi connectivity index (χ3n) is 5.29. The lowest BCUT2D eigenvalue weighted by molar-refractivity contribution is -0.131. The first-order chi connectivity index (χ1) is 12.5. The first-order valence-electron chi connectivity index (χ1n) is 9.41. The van der Waals surface area contributed by atoms with E-state index in [9.17, 15) is 4.79 Å². The van der Waals surface area contributed by atoms with Gasteiger partial charge in [-0.3, -0.25) is 4.79 Å². The molecule has 5 heteroatoms. The maximum Gasteiger partial charge on any atom is 0.222 e. The van der Waals surface area contributed by atoms with Gasteiger partial charge in [-0.25, -0.2) is 0 Å². The fraction of sp³-hybridized carbons (Fsp3) is 0.476. The Balaban J connectivity index is 1.52. The van der Waals surface area contributed by atoms with Gasteiger partial charge in [0, 0.05) is 42.0 Å². The van der Waals surface area contributed by atoms with E-state index in [0.717, 1.165) is 54.3 Å². The number of H-pyrrole nitrogens is 1. The molecular weight excluding hydrogens is 346 g/mol. The van der Waals surface area contributed by atoms with Crippen molar-refractivity contribution in [2.75, 3.05) is 27.2 Å². The highest BCUT2D eigenvalue weighted by molar-refractivity contribution is 6.30. The Morgan fingerprint density at radius 3 is 2.65 bits per heavy atom. The molecular formula is C21H28ClN3O. The monoisotopic (exact) mass is 373 g/mol. The van der Waals surface area contributed by atoms with Crippen LogP contribution in [0.2, 0.25) is 5.02 Å². The summed E-state index contributed by atoms with van der Waals surface area (Å²) in [5.74, 6) is 0.270. The Labute approximate surface area is 161 Å². The minimum atomic E-state index is 0.270. The molecule has 0 aliphatic carbocycles. The van der Waals surface area contributed by atoms with Crippen LogP contribution in [-0.2, 0) is 11.2 Å². The van der Waals surface area contributed by atoms with Gasteiger partial charge in [0.1, 0.15) is 0 Å². The van der Waals surface area contributed by atoms with Gasteiger partial charge in [0.25, 0.3) is 0 Å². The molecule has 2 heterocycles. The molecule has 2 aromatic rings. The molecule has 4 nitrogen and oxygen atoms in total. The van der Waals surface area contributed by atoms with Crippen molar-refractivity contribution in [2.45, 2.75) is 38.1 Å². The van der Waals surface area contributed by atoms with E-state index in [-0.39, 0.29) is 5.91 Å². The maximum absolute atomic E-state index is 12.6. The average molecular weight is 374 g/mol. The van der Waals surface area contributed by atoms with Crippen LogP contribution in [0.3, 0.4) is 0 Å². The lowest BCUT2D eigenvalue weighted by atomic mass is 10.1. The number of halogens is 1. The first kappa shape index (κ1) is 19.0. The van der Waals surface area contributed by atoms with Crippen LogP contribution in [0, 0.1) is 0 Å². The first-order valence-corrected chi connectivity index (χ1v) is 9.79. The van der Waals surface area contributed by atoms with Crippen LogP contribution in [0.15, 0.2) is 36.4 Å². The molecule has 140 valence electrons. The topological polar surface area (TPSA) is 39.3 Å². The number of nitrogens with one attached hydrogen (secondary N) is 1. The minimum Gasteiger partial charge on any atom is -0.358 e. The van der Waals surface area contributed by atoms with Crippen LogP contribution >= 0.6 is 11.6 Å². The molecule has 1 atom stereocenters. The molecule has 1 N–H and O–H groups in total. The fourth-order valence-electron chi connectivity index (χ4n) is 3.63. The molecule has 1 saturated heterocycles. The second kappa shape index (κ2) is 8.74. The zero-order valence-electron chi connectivity index (χ0n) is 15.7. The normalized spacial score (nSPS) is 18.2. The number of aromatic nitrogens is 1. The van der Waals surface area contributed by atoms with Crippen molar-refractivity contribution in [1.29, 1.82) is 0 Å². The lowest BCUT2D eigenvalue weighted by Gasteiger charge is -2.23. The van der Waals surface area contributed by atoms with Crippen molar-refractivity contribution in [3.8, 4) is 11.3 Å². The molecule has 0 saturated carbocycles. The van der Waals surface area contributed by atoms with Gasteiger partial charge in [-0.1, -0.05) is 23.7 Å². The van der Waals surface area contributed by atoms with Crippen LogP contribution in [0.25, 0.3) is 11.3 Å². The van der Waals surface area contributed by atoms with Crippen LogP contribution in [0.5, 0.6) is 0 Å². The van der Waals surface area contributed by atoms with E-state index in [4.69, 9.17) is 11.6 Å². The average Bonchev–Trinajstić information content (AvgIpc) is 2.95. The van der Waals surface area contributed by atoms with Gasteiger partial charge < -0.3 is 14.8 Å². The standard InChI is InChI=1S/C21H28ClN3O/c1-24(2)19-4-3-14-25(15-13-19)21(26)12-10-18-9-11-20(23-18)16-5-7-17(22)8-6-16/h5-9,11,19,23H,3-4,10,12-15H2,1-2H3. The van der Waals surface area contributed by atoms with E-state index in [1.54, 1.807) is 0 Å². The lowest BCUT2D eigenvalue weighted by Crippen LogP contribution is -2.33. The van der Waals surface area contributed by atoms with Crippen molar-refractivity contribution >= 4 is 17.5 Å². The third kappa shape index (κ3) is 4.89. The smallest absolute Gasteiger partial charge is 0.222 e. The summed E-state index contributed by atoms with van der Waals surface area (Å²) in [4.78, 5) is 20.4. The second-order valence-electron chi connectivity index (χ2n) is 7.33. The zero-order valence-corrected chi connectivity index (χ0v) is 16.4. The molecule has 1 aliphatic heterocycles. The summed E-state index contributed by atoms with van der Waals surface area (Å²) >= 11 is 5.95. The van der Waals surface area contributed by atoms with Gasteiger partial charge in [0.15, 0.2) is 0 Å². The highest BCUT2D eigenvalue weighted by Gasteiger charge is 2.21. The Morgan fingerprint density at radius 2 is 1.92 bits per heavy atom. The third-order valence-corrected chi connectivity index (χ3v) is 5.54. The molecule has 0 spiro atoms. The molecule has 26 heavy (non-hydrogen) atoms. The van der Waals surface area contributed by atoms with E-state index in [1.165, 1.54) is 6.42 Å². The highest BCUT2D eigenvalue weighted by atomic mass is 35.5. The highest BCUT2D eigenvalue weighted by Crippen LogP contribution is 2.22. The van der Waals surface area contributed by atoms with Gasteiger partial charge in [-0.05, 0) is 69.6 Å². The molecule has 1 amide bonds. The number of aromatic amines is 1. The van der Waals surface area contributed by atoms with Gasteiger partial charge >= 0.3 is 0 Å². The maximum atomic E-state index is 12.6. The number of hydrogen-bond acceptors (Lipinski definition) is 2. The van der Waals surface area contributed by atoms with Gasteiger partial charge in [0.05, 0.1) is 0 Å². The van der Waals surface area contributed by atoms with E-state index < -0.39 is 0 Å². The SMILES string of the molecule is CN(C)C1CCCN(C(=O)CCc2ccc(-c3ccc(Cl)cc3)[nH]2)CC1. The molecule has 1 unspecified atom stereocenters. The molecule has 0 bridgehead atoms. The Bertz CT molecular complexity index is 723. The van der Waals surface area contributed by atoms with E-state index in [2.05, 4.69) is 36.1 Å². The van der Waals surface area contributed by atoms with Crippen LogP contribution < -0.4 is 0 Å². The summed E-state index contributed by atoms with van der Waals surface area (Å²) in [7, 11) is 4.26. The molecule has 3 rings (SSSR count). The summed E-state index contributed by atoms with van der Waals surface area (Å²) in [6, 6.07) is 12.5. The van der Waals surface area contributed by atoms with Crippen molar-refractivity contribution in [3.05, 3.63) is 47.1 Å². The van der Waals surface area contributed by atoms with Crippen LogP contribution in [0.4, 0.5) is 0 Å².